The zero-order valence-electron chi connectivity index (χ0n) is 21.3. The van der Waals surface area contributed by atoms with Crippen molar-refractivity contribution >= 4 is 45.0 Å². The predicted molar refractivity (Wildman–Crippen MR) is 161 cm³/mol. The molecular weight excluding hydrogens is 462 g/mol. The molecule has 0 saturated carbocycles. The van der Waals surface area contributed by atoms with Gasteiger partial charge in [0.15, 0.2) is 0 Å². The minimum Gasteiger partial charge on any atom is -0.341 e. The standard InChI is InChI=1S/C35H27N3/c1-2-37-32-14-8-6-12-29(32)30-23-20-26(24-34(30)37)17-16-25-18-21-27(22-19-25)35-36-31-13-7-9-15-33(31)38(35)28-10-4-3-5-11-28/h3-24H,2H2,1H3/b17-16+. The van der Waals surface area contributed by atoms with Crippen molar-refractivity contribution < 1.29 is 0 Å². The molecule has 0 aliphatic heterocycles. The molecule has 0 radical (unpaired) electrons. The highest BCUT2D eigenvalue weighted by molar-refractivity contribution is 6.08. The van der Waals surface area contributed by atoms with E-state index in [2.05, 4.69) is 137 Å². The predicted octanol–water partition coefficient (Wildman–Crippen LogP) is 8.99. The smallest absolute Gasteiger partial charge is 0.145 e. The van der Waals surface area contributed by atoms with Crippen molar-refractivity contribution in [3.63, 3.8) is 0 Å². The van der Waals surface area contributed by atoms with Gasteiger partial charge in [-0.25, -0.2) is 4.98 Å². The number of hydrogen-bond donors (Lipinski definition) is 0. The van der Waals surface area contributed by atoms with Crippen LogP contribution in [0, 0.1) is 0 Å². The number of rotatable bonds is 5. The van der Waals surface area contributed by atoms with E-state index in [0.717, 1.165) is 40.2 Å². The minimum atomic E-state index is 0.950. The lowest BCUT2D eigenvalue weighted by Gasteiger charge is -2.09. The monoisotopic (exact) mass is 489 g/mol. The molecule has 0 fully saturated rings. The average molecular weight is 490 g/mol. The van der Waals surface area contributed by atoms with E-state index < -0.39 is 0 Å². The molecule has 0 atom stereocenters. The summed E-state index contributed by atoms with van der Waals surface area (Å²) < 4.78 is 4.64. The van der Waals surface area contributed by atoms with Crippen LogP contribution in [0.25, 0.3) is 62.1 Å². The summed E-state index contributed by atoms with van der Waals surface area (Å²) in [5, 5.41) is 2.63. The van der Waals surface area contributed by atoms with Crippen molar-refractivity contribution in [1.29, 1.82) is 0 Å². The number of nitrogens with zero attached hydrogens (tertiary/aromatic N) is 3. The summed E-state index contributed by atoms with van der Waals surface area (Å²) in [7, 11) is 0. The van der Waals surface area contributed by atoms with Gasteiger partial charge in [-0.05, 0) is 54.4 Å². The Labute approximate surface area is 221 Å². The van der Waals surface area contributed by atoms with Crippen molar-refractivity contribution in [2.45, 2.75) is 13.5 Å². The summed E-state index contributed by atoms with van der Waals surface area (Å²) in [6, 6.07) is 42.8. The van der Waals surface area contributed by atoms with Crippen molar-refractivity contribution in [2.75, 3.05) is 0 Å². The maximum Gasteiger partial charge on any atom is 0.145 e. The summed E-state index contributed by atoms with van der Waals surface area (Å²) in [6.45, 7) is 3.16. The second-order valence-electron chi connectivity index (χ2n) is 9.59. The van der Waals surface area contributed by atoms with Crippen LogP contribution in [0.2, 0.25) is 0 Å². The number of hydrogen-bond acceptors (Lipinski definition) is 1. The maximum atomic E-state index is 4.99. The van der Waals surface area contributed by atoms with Gasteiger partial charge in [-0.1, -0.05) is 97.1 Å². The number of fused-ring (bicyclic) bond motifs is 4. The topological polar surface area (TPSA) is 22.8 Å². The van der Waals surface area contributed by atoms with Crippen LogP contribution in [0.1, 0.15) is 18.1 Å². The summed E-state index contributed by atoms with van der Waals surface area (Å²) in [5.74, 6) is 0.950. The first-order chi connectivity index (χ1) is 18.8. The molecule has 0 aliphatic carbocycles. The lowest BCUT2D eigenvalue weighted by Crippen LogP contribution is -1.97. The number of imidazole rings is 1. The molecule has 7 aromatic rings. The lowest BCUT2D eigenvalue weighted by atomic mass is 10.1. The first-order valence-electron chi connectivity index (χ1n) is 13.1. The summed E-state index contributed by atoms with van der Waals surface area (Å²) in [4.78, 5) is 4.99. The van der Waals surface area contributed by atoms with E-state index in [4.69, 9.17) is 4.98 Å². The molecule has 2 aromatic heterocycles. The fourth-order valence-corrected chi connectivity index (χ4v) is 5.50. The van der Waals surface area contributed by atoms with Gasteiger partial charge in [0, 0.05) is 39.6 Å². The van der Waals surface area contributed by atoms with Crippen LogP contribution in [0.3, 0.4) is 0 Å². The van der Waals surface area contributed by atoms with E-state index in [9.17, 15) is 0 Å². The number of benzene rings is 5. The molecule has 3 nitrogen and oxygen atoms in total. The van der Waals surface area contributed by atoms with E-state index in [1.165, 1.54) is 27.4 Å². The Hall–Kier alpha value is -4.89. The molecule has 0 aliphatic rings. The lowest BCUT2D eigenvalue weighted by molar-refractivity contribution is 0.827. The van der Waals surface area contributed by atoms with Gasteiger partial charge in [0.25, 0.3) is 0 Å². The van der Waals surface area contributed by atoms with Crippen molar-refractivity contribution in [1.82, 2.24) is 14.1 Å². The second kappa shape index (κ2) is 9.20. The van der Waals surface area contributed by atoms with E-state index in [1.807, 2.05) is 12.1 Å². The Morgan fingerprint density at radius 3 is 2.08 bits per heavy atom. The van der Waals surface area contributed by atoms with E-state index in [0.29, 0.717) is 0 Å². The SMILES string of the molecule is CCn1c2ccccc2c2ccc(/C=C/c3ccc(-c4nc5ccccc5n4-c4ccccc4)cc3)cc21. The van der Waals surface area contributed by atoms with Crippen LogP contribution in [0.15, 0.2) is 121 Å². The Morgan fingerprint density at radius 2 is 1.26 bits per heavy atom. The number of aryl methyl sites for hydroxylation is 1. The van der Waals surface area contributed by atoms with Crippen LogP contribution in [-0.4, -0.2) is 14.1 Å². The van der Waals surface area contributed by atoms with Gasteiger partial charge in [0.05, 0.1) is 11.0 Å². The fraction of sp³-hybridized carbons (Fsp3) is 0.0571. The summed E-state index contributed by atoms with van der Waals surface area (Å²) >= 11 is 0. The number of aromatic nitrogens is 3. The first-order valence-corrected chi connectivity index (χ1v) is 13.1. The third kappa shape index (κ3) is 3.72. The highest BCUT2D eigenvalue weighted by Gasteiger charge is 2.14. The van der Waals surface area contributed by atoms with E-state index >= 15 is 0 Å². The molecule has 0 N–H and O–H groups in total. The largest absolute Gasteiger partial charge is 0.341 e. The molecule has 3 heteroatoms. The van der Waals surface area contributed by atoms with Crippen LogP contribution < -0.4 is 0 Å². The molecule has 38 heavy (non-hydrogen) atoms. The van der Waals surface area contributed by atoms with Gasteiger partial charge in [0.1, 0.15) is 5.82 Å². The van der Waals surface area contributed by atoms with Gasteiger partial charge in [-0.2, -0.15) is 0 Å². The molecular formula is C35H27N3. The molecule has 0 spiro atoms. The minimum absolute atomic E-state index is 0.950. The number of para-hydroxylation sites is 4. The third-order valence-corrected chi connectivity index (χ3v) is 7.33. The molecule has 182 valence electrons. The van der Waals surface area contributed by atoms with Gasteiger partial charge in [-0.15, -0.1) is 0 Å². The Balaban J connectivity index is 1.23. The molecule has 0 saturated heterocycles. The van der Waals surface area contributed by atoms with Gasteiger partial charge in [-0.3, -0.25) is 4.57 Å². The highest BCUT2D eigenvalue weighted by Crippen LogP contribution is 2.31. The van der Waals surface area contributed by atoms with Crippen molar-refractivity contribution in [3.05, 3.63) is 132 Å². The molecule has 2 heterocycles. The Kier molecular flexibility index (Phi) is 5.41. The molecule has 7 rings (SSSR count). The highest BCUT2D eigenvalue weighted by atomic mass is 15.1. The van der Waals surface area contributed by atoms with E-state index in [1.54, 1.807) is 0 Å². The van der Waals surface area contributed by atoms with Crippen LogP contribution in [-0.2, 0) is 6.54 Å². The maximum absolute atomic E-state index is 4.99. The van der Waals surface area contributed by atoms with Crippen LogP contribution in [0.4, 0.5) is 0 Å². The van der Waals surface area contributed by atoms with Gasteiger partial charge in [0.2, 0.25) is 0 Å². The van der Waals surface area contributed by atoms with Crippen LogP contribution in [0.5, 0.6) is 0 Å². The third-order valence-electron chi connectivity index (χ3n) is 7.33. The van der Waals surface area contributed by atoms with Gasteiger partial charge >= 0.3 is 0 Å². The van der Waals surface area contributed by atoms with Gasteiger partial charge < -0.3 is 4.57 Å². The average Bonchev–Trinajstić information content (AvgIpc) is 3.52. The van der Waals surface area contributed by atoms with Crippen molar-refractivity contribution in [3.8, 4) is 17.1 Å². The zero-order valence-corrected chi connectivity index (χ0v) is 21.3. The quantitative estimate of drug-likeness (QED) is 0.221. The molecule has 0 bridgehead atoms. The Morgan fingerprint density at radius 1 is 0.605 bits per heavy atom. The summed E-state index contributed by atoms with van der Waals surface area (Å²) in [5.41, 5.74) is 9.25. The molecule has 5 aromatic carbocycles. The van der Waals surface area contributed by atoms with Crippen molar-refractivity contribution in [2.24, 2.45) is 0 Å². The zero-order chi connectivity index (χ0) is 25.5. The molecule has 0 amide bonds. The first kappa shape index (κ1) is 22.3. The fourth-order valence-electron chi connectivity index (χ4n) is 5.50. The normalized spacial score (nSPS) is 11.8. The summed E-state index contributed by atoms with van der Waals surface area (Å²) in [6.07, 6.45) is 4.38. The molecule has 0 unspecified atom stereocenters. The second-order valence-corrected chi connectivity index (χ2v) is 9.59. The van der Waals surface area contributed by atoms with Crippen LogP contribution >= 0.6 is 0 Å². The Bertz CT molecular complexity index is 1940. The van der Waals surface area contributed by atoms with E-state index in [-0.39, 0.29) is 0 Å².